The van der Waals surface area contributed by atoms with E-state index in [1.807, 2.05) is 12.1 Å². The first-order valence-electron chi connectivity index (χ1n) is 7.74. The molecule has 2 aromatic rings. The zero-order valence-corrected chi connectivity index (χ0v) is 14.2. The first-order valence-corrected chi connectivity index (χ1v) is 7.74. The summed E-state index contributed by atoms with van der Waals surface area (Å²) in [6, 6.07) is 7.68. The van der Waals surface area contributed by atoms with E-state index in [9.17, 15) is 15.2 Å². The highest BCUT2D eigenvalue weighted by Gasteiger charge is 2.16. The summed E-state index contributed by atoms with van der Waals surface area (Å²) in [7, 11) is 1.52. The third-order valence-corrected chi connectivity index (χ3v) is 3.76. The lowest BCUT2D eigenvalue weighted by Gasteiger charge is -2.11. The van der Waals surface area contributed by atoms with Crippen LogP contribution in [0.5, 0.6) is 0 Å². The van der Waals surface area contributed by atoms with Gasteiger partial charge >= 0.3 is 5.97 Å². The SMILES string of the molecule is CC#Cc1ccc(CCc2cncc(COC)c2C(=O)O)cc1C#N. The van der Waals surface area contributed by atoms with Crippen molar-refractivity contribution in [3.63, 3.8) is 0 Å². The van der Waals surface area contributed by atoms with Gasteiger partial charge in [0, 0.05) is 30.6 Å². The summed E-state index contributed by atoms with van der Waals surface area (Å²) in [5.41, 5.74) is 3.62. The van der Waals surface area contributed by atoms with Crippen LogP contribution in [0.3, 0.4) is 0 Å². The van der Waals surface area contributed by atoms with Crippen molar-refractivity contribution in [1.29, 1.82) is 5.26 Å². The number of ether oxygens (including phenoxy) is 1. The van der Waals surface area contributed by atoms with Crippen molar-refractivity contribution < 1.29 is 14.6 Å². The number of nitriles is 1. The molecule has 0 bridgehead atoms. The Kier molecular flexibility index (Phi) is 6.28. The average molecular weight is 334 g/mol. The molecular formula is C20H18N2O3. The van der Waals surface area contributed by atoms with Gasteiger partial charge in [0.25, 0.3) is 0 Å². The standard InChI is InChI=1S/C20H18N2O3/c1-3-4-15-7-5-14(9-17(15)10-21)6-8-16-11-22-12-18(13-25-2)19(16)20(23)24/h5,7,9,11-12H,6,8,13H2,1-2H3,(H,23,24). The fourth-order valence-electron chi connectivity index (χ4n) is 2.64. The Labute approximate surface area is 146 Å². The van der Waals surface area contributed by atoms with Gasteiger partial charge in [0.2, 0.25) is 0 Å². The summed E-state index contributed by atoms with van der Waals surface area (Å²) in [5, 5.41) is 18.8. The van der Waals surface area contributed by atoms with Crippen molar-refractivity contribution in [3.8, 4) is 17.9 Å². The maximum Gasteiger partial charge on any atom is 0.336 e. The van der Waals surface area contributed by atoms with Gasteiger partial charge in [0.1, 0.15) is 6.07 Å². The summed E-state index contributed by atoms with van der Waals surface area (Å²) in [4.78, 5) is 15.7. The quantitative estimate of drug-likeness (QED) is 0.821. The lowest BCUT2D eigenvalue weighted by molar-refractivity contribution is 0.0690. The smallest absolute Gasteiger partial charge is 0.336 e. The van der Waals surface area contributed by atoms with E-state index in [-0.39, 0.29) is 12.2 Å². The average Bonchev–Trinajstić information content (AvgIpc) is 2.61. The van der Waals surface area contributed by atoms with E-state index in [2.05, 4.69) is 22.9 Å². The van der Waals surface area contributed by atoms with Gasteiger partial charge in [-0.1, -0.05) is 12.0 Å². The molecule has 0 saturated heterocycles. The van der Waals surface area contributed by atoms with E-state index >= 15 is 0 Å². The number of aryl methyl sites for hydroxylation is 2. The number of rotatable bonds is 6. The van der Waals surface area contributed by atoms with Crippen LogP contribution < -0.4 is 0 Å². The molecule has 0 fully saturated rings. The second-order valence-corrected chi connectivity index (χ2v) is 5.44. The normalized spacial score (nSPS) is 9.80. The van der Waals surface area contributed by atoms with Crippen LogP contribution in [-0.4, -0.2) is 23.2 Å². The van der Waals surface area contributed by atoms with E-state index < -0.39 is 5.97 Å². The minimum Gasteiger partial charge on any atom is -0.478 e. The summed E-state index contributed by atoms with van der Waals surface area (Å²) in [5.74, 6) is 4.70. The fourth-order valence-corrected chi connectivity index (χ4v) is 2.64. The maximum atomic E-state index is 11.6. The number of methoxy groups -OCH3 is 1. The Morgan fingerprint density at radius 2 is 2.00 bits per heavy atom. The Morgan fingerprint density at radius 3 is 2.64 bits per heavy atom. The molecule has 126 valence electrons. The van der Waals surface area contributed by atoms with Gasteiger partial charge in [0.05, 0.1) is 17.7 Å². The third kappa shape index (κ3) is 4.44. The maximum absolute atomic E-state index is 11.6. The van der Waals surface area contributed by atoms with Gasteiger partial charge in [-0.25, -0.2) is 4.79 Å². The van der Waals surface area contributed by atoms with Crippen molar-refractivity contribution in [3.05, 3.63) is 64.0 Å². The van der Waals surface area contributed by atoms with E-state index in [0.717, 1.165) is 5.56 Å². The molecule has 0 aliphatic carbocycles. The molecule has 0 saturated carbocycles. The van der Waals surface area contributed by atoms with Crippen LogP contribution in [0.25, 0.3) is 0 Å². The number of carbonyl (C=O) groups is 1. The molecule has 25 heavy (non-hydrogen) atoms. The lowest BCUT2D eigenvalue weighted by Crippen LogP contribution is -2.10. The summed E-state index contributed by atoms with van der Waals surface area (Å²) < 4.78 is 5.05. The Bertz CT molecular complexity index is 886. The lowest BCUT2D eigenvalue weighted by atomic mass is 9.97. The van der Waals surface area contributed by atoms with Crippen LogP contribution >= 0.6 is 0 Å². The number of carboxylic acids is 1. The topological polar surface area (TPSA) is 83.2 Å². The zero-order chi connectivity index (χ0) is 18.2. The van der Waals surface area contributed by atoms with Gasteiger partial charge in [-0.2, -0.15) is 5.26 Å². The molecule has 0 atom stereocenters. The number of pyridine rings is 1. The van der Waals surface area contributed by atoms with Crippen LogP contribution in [0.4, 0.5) is 0 Å². The highest BCUT2D eigenvalue weighted by atomic mass is 16.5. The van der Waals surface area contributed by atoms with Crippen molar-refractivity contribution >= 4 is 5.97 Å². The highest BCUT2D eigenvalue weighted by molar-refractivity contribution is 5.91. The largest absolute Gasteiger partial charge is 0.478 e. The number of carboxylic acid groups (broad SMARTS) is 1. The molecule has 0 spiro atoms. The molecule has 0 amide bonds. The molecule has 0 aliphatic heterocycles. The number of benzene rings is 1. The first kappa shape index (κ1) is 18.2. The summed E-state index contributed by atoms with van der Waals surface area (Å²) in [6.07, 6.45) is 4.20. The number of hydrogen-bond donors (Lipinski definition) is 1. The predicted molar refractivity (Wildman–Crippen MR) is 93.0 cm³/mol. The van der Waals surface area contributed by atoms with Gasteiger partial charge in [0.15, 0.2) is 0 Å². The zero-order valence-electron chi connectivity index (χ0n) is 14.2. The van der Waals surface area contributed by atoms with Crippen molar-refractivity contribution in [2.24, 2.45) is 0 Å². The van der Waals surface area contributed by atoms with Crippen LogP contribution in [0.1, 0.15) is 45.1 Å². The molecule has 0 unspecified atom stereocenters. The molecule has 0 radical (unpaired) electrons. The highest BCUT2D eigenvalue weighted by Crippen LogP contribution is 2.18. The van der Waals surface area contributed by atoms with E-state index in [0.29, 0.717) is 35.1 Å². The van der Waals surface area contributed by atoms with Crippen molar-refractivity contribution in [2.75, 3.05) is 7.11 Å². The summed E-state index contributed by atoms with van der Waals surface area (Å²) >= 11 is 0. The van der Waals surface area contributed by atoms with Gasteiger partial charge in [-0.15, -0.1) is 5.92 Å². The van der Waals surface area contributed by atoms with Gasteiger partial charge in [-0.3, -0.25) is 4.98 Å². The number of aromatic nitrogens is 1. The fraction of sp³-hybridized carbons (Fsp3) is 0.250. The second-order valence-electron chi connectivity index (χ2n) is 5.44. The number of aromatic carboxylic acids is 1. The van der Waals surface area contributed by atoms with E-state index in [4.69, 9.17) is 4.74 Å². The molecule has 1 aromatic heterocycles. The molecule has 2 rings (SSSR count). The molecule has 1 N–H and O–H groups in total. The van der Waals surface area contributed by atoms with E-state index in [1.165, 1.54) is 13.3 Å². The number of hydrogen-bond acceptors (Lipinski definition) is 4. The van der Waals surface area contributed by atoms with Gasteiger partial charge in [-0.05, 0) is 43.0 Å². The van der Waals surface area contributed by atoms with Gasteiger partial charge < -0.3 is 9.84 Å². The Hall–Kier alpha value is -3.15. The predicted octanol–water partition coefficient (Wildman–Crippen LogP) is 2.95. The molecular weight excluding hydrogens is 316 g/mol. The first-order chi connectivity index (χ1) is 12.1. The molecule has 1 aromatic carbocycles. The third-order valence-electron chi connectivity index (χ3n) is 3.76. The molecule has 1 heterocycles. The molecule has 0 aliphatic rings. The van der Waals surface area contributed by atoms with Crippen LogP contribution in [0, 0.1) is 23.2 Å². The Morgan fingerprint density at radius 1 is 1.24 bits per heavy atom. The van der Waals surface area contributed by atoms with Crippen molar-refractivity contribution in [1.82, 2.24) is 4.98 Å². The molecule has 5 nitrogen and oxygen atoms in total. The van der Waals surface area contributed by atoms with E-state index in [1.54, 1.807) is 19.2 Å². The van der Waals surface area contributed by atoms with Crippen LogP contribution in [-0.2, 0) is 24.2 Å². The minimum absolute atomic E-state index is 0.200. The number of nitrogens with zero attached hydrogens (tertiary/aromatic N) is 2. The second kappa shape index (κ2) is 8.63. The minimum atomic E-state index is -0.990. The van der Waals surface area contributed by atoms with Crippen LogP contribution in [0.2, 0.25) is 0 Å². The Balaban J connectivity index is 2.27. The van der Waals surface area contributed by atoms with Crippen LogP contribution in [0.15, 0.2) is 30.6 Å². The monoisotopic (exact) mass is 334 g/mol. The molecule has 5 heteroatoms. The van der Waals surface area contributed by atoms with Crippen molar-refractivity contribution in [2.45, 2.75) is 26.4 Å². The summed E-state index contributed by atoms with van der Waals surface area (Å²) in [6.45, 7) is 1.92.